The van der Waals surface area contributed by atoms with Crippen LogP contribution in [0.15, 0.2) is 22.9 Å². The van der Waals surface area contributed by atoms with Gasteiger partial charge in [-0.25, -0.2) is 4.79 Å². The average molecular weight is 302 g/mol. The molecule has 0 aliphatic carbocycles. The van der Waals surface area contributed by atoms with Crippen LogP contribution in [-0.4, -0.2) is 26.3 Å². The van der Waals surface area contributed by atoms with E-state index >= 15 is 0 Å². The maximum atomic E-state index is 12.6. The van der Waals surface area contributed by atoms with Gasteiger partial charge in [-0.05, 0) is 19.1 Å². The number of hydrogen-bond acceptors (Lipinski definition) is 5. The molecule has 2 aromatic rings. The normalized spacial score (nSPS) is 13.0. The number of aromatic nitrogens is 3. The third-order valence-corrected chi connectivity index (χ3v) is 2.46. The highest BCUT2D eigenvalue weighted by Crippen LogP contribution is 2.29. The smallest absolute Gasteiger partial charge is 0.433 e. The number of nitrogens with zero attached hydrogens (tertiary/aromatic N) is 3. The van der Waals surface area contributed by atoms with Crippen molar-refractivity contribution in [2.45, 2.75) is 19.1 Å². The maximum absolute atomic E-state index is 12.6. The molecule has 0 fully saturated rings. The predicted molar refractivity (Wildman–Crippen MR) is 62.1 cm³/mol. The van der Waals surface area contributed by atoms with E-state index in [4.69, 9.17) is 9.63 Å². The summed E-state index contributed by atoms with van der Waals surface area (Å²) in [6.45, 7) is 1.46. The minimum atomic E-state index is -4.58. The Morgan fingerprint density at radius 3 is 2.81 bits per heavy atom. The van der Waals surface area contributed by atoms with E-state index in [1.54, 1.807) is 0 Å². The number of amides is 1. The van der Waals surface area contributed by atoms with Crippen molar-refractivity contribution in [3.05, 3.63) is 29.9 Å². The lowest BCUT2D eigenvalue weighted by Crippen LogP contribution is -2.24. The van der Waals surface area contributed by atoms with Gasteiger partial charge in [0.2, 0.25) is 11.7 Å². The average Bonchev–Trinajstić information content (AvgIpc) is 2.86. The maximum Gasteiger partial charge on any atom is 0.433 e. The number of alkyl halides is 3. The molecule has 0 radical (unpaired) electrons. The van der Waals surface area contributed by atoms with Crippen molar-refractivity contribution in [2.24, 2.45) is 0 Å². The van der Waals surface area contributed by atoms with Crippen LogP contribution in [0.1, 0.15) is 24.6 Å². The van der Waals surface area contributed by atoms with E-state index in [1.807, 2.05) is 0 Å². The van der Waals surface area contributed by atoms with Crippen molar-refractivity contribution < 1.29 is 27.6 Å². The summed E-state index contributed by atoms with van der Waals surface area (Å²) >= 11 is 0. The van der Waals surface area contributed by atoms with Gasteiger partial charge >= 0.3 is 12.3 Å². The summed E-state index contributed by atoms with van der Waals surface area (Å²) in [5, 5.41) is 14.2. The molecule has 1 amide bonds. The number of nitrogens with one attached hydrogen (secondary N) is 1. The molecule has 1 atom stereocenters. The number of hydrogen-bond donors (Lipinski definition) is 2. The van der Waals surface area contributed by atoms with Crippen molar-refractivity contribution in [3.8, 4) is 11.4 Å². The van der Waals surface area contributed by atoms with Crippen molar-refractivity contribution in [1.82, 2.24) is 20.4 Å². The second kappa shape index (κ2) is 5.38. The van der Waals surface area contributed by atoms with E-state index in [0.29, 0.717) is 0 Å². The lowest BCUT2D eigenvalue weighted by atomic mass is 10.2. The number of halogens is 3. The summed E-state index contributed by atoms with van der Waals surface area (Å²) in [6.07, 6.45) is -4.89. The van der Waals surface area contributed by atoms with Gasteiger partial charge in [0.1, 0.15) is 11.7 Å². The largest absolute Gasteiger partial charge is 0.465 e. The predicted octanol–water partition coefficient (Wildman–Crippen LogP) is 2.48. The molecular formula is C11H9F3N4O3. The second-order valence-corrected chi connectivity index (χ2v) is 4.05. The zero-order valence-corrected chi connectivity index (χ0v) is 10.5. The van der Waals surface area contributed by atoms with E-state index < -0.39 is 24.0 Å². The number of carbonyl (C=O) groups is 1. The molecule has 2 N–H and O–H groups in total. The molecule has 2 rings (SSSR count). The standard InChI is InChI=1S/C11H9F3N4O3/c1-5(16-10(19)20)9-17-8(18-21-9)6-2-3-15-7(4-6)11(12,13)14/h2-5,16H,1H3,(H,19,20). The fraction of sp³-hybridized carbons (Fsp3) is 0.273. The van der Waals surface area contributed by atoms with E-state index in [1.165, 1.54) is 13.0 Å². The fourth-order valence-electron chi connectivity index (χ4n) is 1.50. The van der Waals surface area contributed by atoms with Gasteiger partial charge in [0.15, 0.2) is 0 Å². The fourth-order valence-corrected chi connectivity index (χ4v) is 1.50. The summed E-state index contributed by atoms with van der Waals surface area (Å²) in [5.74, 6) is -0.144. The quantitative estimate of drug-likeness (QED) is 0.903. The number of carboxylic acid groups (broad SMARTS) is 1. The molecule has 21 heavy (non-hydrogen) atoms. The van der Waals surface area contributed by atoms with Crippen LogP contribution in [0.2, 0.25) is 0 Å². The van der Waals surface area contributed by atoms with E-state index in [-0.39, 0.29) is 17.3 Å². The van der Waals surface area contributed by atoms with Crippen LogP contribution < -0.4 is 5.32 Å². The summed E-state index contributed by atoms with van der Waals surface area (Å²) in [7, 11) is 0. The lowest BCUT2D eigenvalue weighted by molar-refractivity contribution is -0.141. The Labute approximate surface area is 115 Å². The summed E-state index contributed by atoms with van der Waals surface area (Å²) in [4.78, 5) is 17.6. The number of rotatable bonds is 3. The van der Waals surface area contributed by atoms with Gasteiger partial charge in [0, 0.05) is 11.8 Å². The first kappa shape index (κ1) is 14.8. The van der Waals surface area contributed by atoms with Crippen molar-refractivity contribution in [1.29, 1.82) is 0 Å². The Morgan fingerprint density at radius 1 is 1.48 bits per heavy atom. The molecule has 0 bridgehead atoms. The van der Waals surface area contributed by atoms with Gasteiger partial charge in [0.25, 0.3) is 0 Å². The summed E-state index contributed by atoms with van der Waals surface area (Å²) < 4.78 is 42.5. The Bertz CT molecular complexity index is 656. The van der Waals surface area contributed by atoms with Gasteiger partial charge in [0.05, 0.1) is 0 Å². The highest BCUT2D eigenvalue weighted by Gasteiger charge is 2.32. The van der Waals surface area contributed by atoms with Crippen LogP contribution >= 0.6 is 0 Å². The molecule has 1 unspecified atom stereocenters. The molecule has 0 aliphatic heterocycles. The third-order valence-electron chi connectivity index (χ3n) is 2.46. The van der Waals surface area contributed by atoms with Crippen LogP contribution in [0, 0.1) is 0 Å². The Hall–Kier alpha value is -2.65. The molecular weight excluding hydrogens is 293 g/mol. The minimum absolute atomic E-state index is 0.0576. The highest BCUT2D eigenvalue weighted by atomic mass is 19.4. The van der Waals surface area contributed by atoms with Crippen LogP contribution in [0.3, 0.4) is 0 Å². The minimum Gasteiger partial charge on any atom is -0.465 e. The van der Waals surface area contributed by atoms with Crippen molar-refractivity contribution in [2.75, 3.05) is 0 Å². The summed E-state index contributed by atoms with van der Waals surface area (Å²) in [6, 6.07) is 1.29. The van der Waals surface area contributed by atoms with Gasteiger partial charge in [-0.3, -0.25) is 4.98 Å². The number of pyridine rings is 1. The van der Waals surface area contributed by atoms with E-state index in [9.17, 15) is 18.0 Å². The van der Waals surface area contributed by atoms with Crippen LogP contribution in [0.4, 0.5) is 18.0 Å². The van der Waals surface area contributed by atoms with Gasteiger partial charge in [-0.15, -0.1) is 0 Å². The molecule has 0 aromatic carbocycles. The highest BCUT2D eigenvalue weighted by molar-refractivity contribution is 5.65. The Balaban J connectivity index is 2.28. The lowest BCUT2D eigenvalue weighted by Gasteiger charge is -2.05. The van der Waals surface area contributed by atoms with Gasteiger partial charge in [-0.1, -0.05) is 5.16 Å². The van der Waals surface area contributed by atoms with Crippen molar-refractivity contribution in [3.63, 3.8) is 0 Å². The van der Waals surface area contributed by atoms with Crippen LogP contribution in [0.5, 0.6) is 0 Å². The molecule has 112 valence electrons. The molecule has 2 aromatic heterocycles. The van der Waals surface area contributed by atoms with E-state index in [2.05, 4.69) is 20.4 Å². The first-order chi connectivity index (χ1) is 9.77. The molecule has 0 saturated carbocycles. The Kier molecular flexibility index (Phi) is 3.78. The topological polar surface area (TPSA) is 101 Å². The Morgan fingerprint density at radius 2 is 2.19 bits per heavy atom. The van der Waals surface area contributed by atoms with Crippen LogP contribution in [-0.2, 0) is 6.18 Å². The first-order valence-electron chi connectivity index (χ1n) is 5.64. The first-order valence-corrected chi connectivity index (χ1v) is 5.64. The van der Waals surface area contributed by atoms with E-state index in [0.717, 1.165) is 12.3 Å². The molecule has 7 nitrogen and oxygen atoms in total. The summed E-state index contributed by atoms with van der Waals surface area (Å²) in [5.41, 5.74) is -1.02. The zero-order chi connectivity index (χ0) is 15.6. The van der Waals surface area contributed by atoms with Gasteiger partial charge < -0.3 is 14.9 Å². The SMILES string of the molecule is CC(NC(=O)O)c1nc(-c2ccnc(C(F)(F)F)c2)no1. The molecule has 10 heteroatoms. The molecule has 0 saturated heterocycles. The zero-order valence-electron chi connectivity index (χ0n) is 10.5. The van der Waals surface area contributed by atoms with Crippen LogP contribution in [0.25, 0.3) is 11.4 Å². The molecule has 0 spiro atoms. The third kappa shape index (κ3) is 3.46. The molecule has 2 heterocycles. The van der Waals surface area contributed by atoms with Crippen molar-refractivity contribution >= 4 is 6.09 Å². The molecule has 0 aliphatic rings. The van der Waals surface area contributed by atoms with Gasteiger partial charge in [-0.2, -0.15) is 18.2 Å². The monoisotopic (exact) mass is 302 g/mol. The second-order valence-electron chi connectivity index (χ2n) is 4.05.